The number of benzene rings is 1. The van der Waals surface area contributed by atoms with E-state index >= 15 is 0 Å². The standard InChI is InChI=1S/C20H23Cl2NO3/c1-11(18(24)23-17-6-15(21)5-16(22)7-17)26-19(25)20-8-12-2-13(9-20)4-14(3-12)10-20/h5-7,11-14H,2-4,8-10H2,1H3,(H,23,24). The normalized spacial score (nSPS) is 33.0. The number of esters is 1. The molecule has 5 rings (SSSR count). The van der Waals surface area contributed by atoms with Gasteiger partial charge >= 0.3 is 5.97 Å². The summed E-state index contributed by atoms with van der Waals surface area (Å²) in [4.78, 5) is 25.4. The summed E-state index contributed by atoms with van der Waals surface area (Å²) in [5.74, 6) is 1.41. The maximum Gasteiger partial charge on any atom is 0.312 e. The SMILES string of the molecule is CC(OC(=O)C12CC3CC(CC(C3)C1)C2)C(=O)Nc1cc(Cl)cc(Cl)c1. The number of anilines is 1. The maximum absolute atomic E-state index is 12.9. The Bertz CT molecular complexity index is 693. The lowest BCUT2D eigenvalue weighted by molar-refractivity contribution is -0.177. The maximum atomic E-state index is 12.9. The summed E-state index contributed by atoms with van der Waals surface area (Å²) in [6, 6.07) is 4.81. The molecule has 4 aliphatic rings. The third-order valence-electron chi connectivity index (χ3n) is 6.25. The van der Waals surface area contributed by atoms with Gasteiger partial charge < -0.3 is 10.1 Å². The molecular weight excluding hydrogens is 373 g/mol. The molecule has 0 saturated heterocycles. The second-order valence-electron chi connectivity index (χ2n) is 8.39. The highest BCUT2D eigenvalue weighted by atomic mass is 35.5. The van der Waals surface area contributed by atoms with E-state index in [4.69, 9.17) is 27.9 Å². The first-order valence-corrected chi connectivity index (χ1v) is 10.1. The molecule has 4 bridgehead atoms. The molecule has 1 unspecified atom stereocenters. The van der Waals surface area contributed by atoms with Crippen LogP contribution in [0, 0.1) is 23.2 Å². The molecule has 0 spiro atoms. The Balaban J connectivity index is 1.40. The Morgan fingerprint density at radius 1 is 1.04 bits per heavy atom. The monoisotopic (exact) mass is 395 g/mol. The molecule has 1 atom stereocenters. The summed E-state index contributed by atoms with van der Waals surface area (Å²) >= 11 is 11.9. The number of carbonyl (C=O) groups excluding carboxylic acids is 2. The van der Waals surface area contributed by atoms with Crippen molar-refractivity contribution in [1.29, 1.82) is 0 Å². The van der Waals surface area contributed by atoms with E-state index in [0.29, 0.717) is 33.5 Å². The zero-order valence-electron chi connectivity index (χ0n) is 14.8. The zero-order chi connectivity index (χ0) is 18.5. The molecule has 26 heavy (non-hydrogen) atoms. The quantitative estimate of drug-likeness (QED) is 0.723. The van der Waals surface area contributed by atoms with Gasteiger partial charge in [-0.15, -0.1) is 0 Å². The zero-order valence-corrected chi connectivity index (χ0v) is 16.3. The number of hydrogen-bond acceptors (Lipinski definition) is 3. The predicted octanol–water partition coefficient (Wildman–Crippen LogP) is 5.08. The average molecular weight is 396 g/mol. The van der Waals surface area contributed by atoms with Crippen molar-refractivity contribution in [1.82, 2.24) is 0 Å². The number of halogens is 2. The van der Waals surface area contributed by atoms with Crippen molar-refractivity contribution in [2.24, 2.45) is 23.2 Å². The molecule has 1 aromatic rings. The van der Waals surface area contributed by atoms with E-state index in [9.17, 15) is 9.59 Å². The fraction of sp³-hybridized carbons (Fsp3) is 0.600. The number of carbonyl (C=O) groups is 2. The lowest BCUT2D eigenvalue weighted by Crippen LogP contribution is -2.51. The van der Waals surface area contributed by atoms with E-state index in [-0.39, 0.29) is 17.3 Å². The summed E-state index contributed by atoms with van der Waals surface area (Å²) in [5.41, 5.74) is 0.132. The van der Waals surface area contributed by atoms with Crippen molar-refractivity contribution in [3.8, 4) is 0 Å². The number of nitrogens with one attached hydrogen (secondary N) is 1. The van der Waals surface area contributed by atoms with Crippen LogP contribution >= 0.6 is 23.2 Å². The van der Waals surface area contributed by atoms with Crippen LogP contribution in [0.4, 0.5) is 5.69 Å². The van der Waals surface area contributed by atoms with Gasteiger partial charge in [-0.2, -0.15) is 0 Å². The van der Waals surface area contributed by atoms with Gasteiger partial charge in [-0.3, -0.25) is 9.59 Å². The van der Waals surface area contributed by atoms with Crippen LogP contribution in [0.25, 0.3) is 0 Å². The molecule has 0 radical (unpaired) electrons. The molecule has 0 aromatic heterocycles. The molecule has 1 aromatic carbocycles. The summed E-state index contributed by atoms with van der Waals surface area (Å²) in [6.45, 7) is 1.61. The van der Waals surface area contributed by atoms with Gasteiger partial charge in [-0.05, 0) is 81.4 Å². The molecule has 1 N–H and O–H groups in total. The minimum Gasteiger partial charge on any atom is -0.452 e. The van der Waals surface area contributed by atoms with Crippen LogP contribution in [0.5, 0.6) is 0 Å². The van der Waals surface area contributed by atoms with Gasteiger partial charge in [0.1, 0.15) is 0 Å². The second-order valence-corrected chi connectivity index (χ2v) is 9.27. The van der Waals surface area contributed by atoms with Crippen LogP contribution in [0.15, 0.2) is 18.2 Å². The third-order valence-corrected chi connectivity index (χ3v) is 6.69. The summed E-state index contributed by atoms with van der Waals surface area (Å²) < 4.78 is 5.61. The largest absolute Gasteiger partial charge is 0.452 e. The van der Waals surface area contributed by atoms with Crippen molar-refractivity contribution >= 4 is 40.8 Å². The number of hydrogen-bond donors (Lipinski definition) is 1. The first-order chi connectivity index (χ1) is 12.3. The molecule has 4 aliphatic carbocycles. The van der Waals surface area contributed by atoms with Gasteiger partial charge in [-0.25, -0.2) is 0 Å². The Morgan fingerprint density at radius 3 is 2.04 bits per heavy atom. The van der Waals surface area contributed by atoms with Gasteiger partial charge in [0, 0.05) is 15.7 Å². The molecule has 140 valence electrons. The summed E-state index contributed by atoms with van der Waals surface area (Å²) in [6.07, 6.45) is 5.71. The first-order valence-electron chi connectivity index (χ1n) is 9.31. The van der Waals surface area contributed by atoms with Gasteiger partial charge in [0.05, 0.1) is 5.41 Å². The van der Waals surface area contributed by atoms with E-state index in [1.807, 2.05) is 0 Å². The third kappa shape index (κ3) is 3.46. The van der Waals surface area contributed by atoms with Crippen molar-refractivity contribution in [2.75, 3.05) is 5.32 Å². The van der Waals surface area contributed by atoms with Crippen LogP contribution < -0.4 is 5.32 Å². The lowest BCUT2D eigenvalue weighted by atomic mass is 9.49. The average Bonchev–Trinajstić information content (AvgIpc) is 2.52. The summed E-state index contributed by atoms with van der Waals surface area (Å²) in [5, 5.41) is 3.59. The van der Waals surface area contributed by atoms with E-state index in [1.165, 1.54) is 19.3 Å². The Kier molecular flexibility index (Phi) is 4.68. The van der Waals surface area contributed by atoms with E-state index < -0.39 is 6.10 Å². The Hall–Kier alpha value is -1.26. The van der Waals surface area contributed by atoms with Crippen LogP contribution in [-0.4, -0.2) is 18.0 Å². The van der Waals surface area contributed by atoms with Crippen LogP contribution in [0.3, 0.4) is 0 Å². The topological polar surface area (TPSA) is 55.4 Å². The molecule has 0 heterocycles. The lowest BCUT2D eigenvalue weighted by Gasteiger charge is -2.55. The van der Waals surface area contributed by atoms with Crippen molar-refractivity contribution < 1.29 is 14.3 Å². The fourth-order valence-corrected chi connectivity index (χ4v) is 6.10. The second kappa shape index (κ2) is 6.72. The van der Waals surface area contributed by atoms with E-state index in [0.717, 1.165) is 19.3 Å². The van der Waals surface area contributed by atoms with Crippen LogP contribution in [-0.2, 0) is 14.3 Å². The van der Waals surface area contributed by atoms with Crippen molar-refractivity contribution in [3.63, 3.8) is 0 Å². The number of ether oxygens (including phenoxy) is 1. The van der Waals surface area contributed by atoms with Gasteiger partial charge in [0.15, 0.2) is 6.10 Å². The van der Waals surface area contributed by atoms with E-state index in [2.05, 4.69) is 5.32 Å². The summed E-state index contributed by atoms with van der Waals surface area (Å²) in [7, 11) is 0. The number of rotatable bonds is 4. The first kappa shape index (κ1) is 18.1. The smallest absolute Gasteiger partial charge is 0.312 e. The fourth-order valence-electron chi connectivity index (χ4n) is 5.57. The highest BCUT2D eigenvalue weighted by molar-refractivity contribution is 6.35. The molecule has 4 fully saturated rings. The van der Waals surface area contributed by atoms with E-state index in [1.54, 1.807) is 25.1 Å². The van der Waals surface area contributed by atoms with Crippen molar-refractivity contribution in [2.45, 2.75) is 51.6 Å². The van der Waals surface area contributed by atoms with Crippen LogP contribution in [0.1, 0.15) is 45.4 Å². The number of amides is 1. The van der Waals surface area contributed by atoms with Gasteiger partial charge in [0.2, 0.25) is 0 Å². The molecule has 0 aliphatic heterocycles. The van der Waals surface area contributed by atoms with Crippen molar-refractivity contribution in [3.05, 3.63) is 28.2 Å². The Morgan fingerprint density at radius 2 is 1.54 bits per heavy atom. The molecular formula is C20H23Cl2NO3. The minimum absolute atomic E-state index is 0.191. The van der Waals surface area contributed by atoms with Gasteiger partial charge in [-0.1, -0.05) is 23.2 Å². The molecule has 4 nitrogen and oxygen atoms in total. The highest BCUT2D eigenvalue weighted by Crippen LogP contribution is 2.60. The van der Waals surface area contributed by atoms with Gasteiger partial charge in [0.25, 0.3) is 5.91 Å². The predicted molar refractivity (Wildman–Crippen MR) is 101 cm³/mol. The molecule has 6 heteroatoms. The highest BCUT2D eigenvalue weighted by Gasteiger charge is 2.55. The minimum atomic E-state index is -0.853. The molecule has 1 amide bonds. The van der Waals surface area contributed by atoms with Crippen LogP contribution in [0.2, 0.25) is 10.0 Å². The Labute approximate surface area is 163 Å². The molecule has 4 saturated carbocycles.